The Morgan fingerprint density at radius 3 is 2.56 bits per heavy atom. The van der Waals surface area contributed by atoms with Gasteiger partial charge in [-0.05, 0) is 31.6 Å². The second kappa shape index (κ2) is 5.67. The van der Waals surface area contributed by atoms with Crippen molar-refractivity contribution in [2.24, 2.45) is 5.92 Å². The third-order valence-electron chi connectivity index (χ3n) is 4.10. The zero-order valence-electron chi connectivity index (χ0n) is 10.0. The van der Waals surface area contributed by atoms with Gasteiger partial charge in [-0.1, -0.05) is 19.3 Å². The Morgan fingerprint density at radius 2 is 1.88 bits per heavy atom. The molecule has 1 aliphatic carbocycles. The summed E-state index contributed by atoms with van der Waals surface area (Å²) >= 11 is 0. The molecule has 16 heavy (non-hydrogen) atoms. The van der Waals surface area contributed by atoms with E-state index in [1.807, 2.05) is 4.90 Å². The minimum absolute atomic E-state index is 0.107. The second-order valence-corrected chi connectivity index (χ2v) is 5.27. The van der Waals surface area contributed by atoms with Crippen molar-refractivity contribution in [2.45, 2.75) is 57.4 Å². The quantitative estimate of drug-likeness (QED) is 0.797. The molecule has 0 unspecified atom stereocenters. The van der Waals surface area contributed by atoms with Crippen LogP contribution in [-0.2, 0) is 4.79 Å². The molecule has 1 amide bonds. The SMILES string of the molecule is O=C(CC1CCCCC1)N1CCC[C@H]1CO. The molecule has 1 heterocycles. The topological polar surface area (TPSA) is 40.5 Å². The van der Waals surface area contributed by atoms with E-state index in [1.54, 1.807) is 0 Å². The average Bonchev–Trinajstić information content (AvgIpc) is 2.78. The molecule has 3 nitrogen and oxygen atoms in total. The van der Waals surface area contributed by atoms with Crippen LogP contribution in [0.2, 0.25) is 0 Å². The first-order chi connectivity index (χ1) is 7.81. The lowest BCUT2D eigenvalue weighted by molar-refractivity contribution is -0.134. The van der Waals surface area contributed by atoms with Crippen LogP contribution >= 0.6 is 0 Å². The standard InChI is InChI=1S/C13H23NO2/c15-10-12-7-4-8-14(12)13(16)9-11-5-2-1-3-6-11/h11-12,15H,1-10H2/t12-/m0/s1. The van der Waals surface area contributed by atoms with Crippen LogP contribution in [0.3, 0.4) is 0 Å². The molecule has 1 atom stereocenters. The van der Waals surface area contributed by atoms with Gasteiger partial charge < -0.3 is 10.0 Å². The maximum Gasteiger partial charge on any atom is 0.223 e. The minimum atomic E-state index is 0.107. The Kier molecular flexibility index (Phi) is 4.22. The van der Waals surface area contributed by atoms with E-state index in [4.69, 9.17) is 0 Å². The van der Waals surface area contributed by atoms with Crippen molar-refractivity contribution in [1.82, 2.24) is 4.90 Å². The summed E-state index contributed by atoms with van der Waals surface area (Å²) in [4.78, 5) is 14.0. The molecular weight excluding hydrogens is 202 g/mol. The van der Waals surface area contributed by atoms with Crippen LogP contribution < -0.4 is 0 Å². The van der Waals surface area contributed by atoms with Crippen LogP contribution in [0.4, 0.5) is 0 Å². The number of hydrogen-bond donors (Lipinski definition) is 1. The summed E-state index contributed by atoms with van der Waals surface area (Å²) in [5, 5.41) is 9.20. The molecule has 3 heteroatoms. The average molecular weight is 225 g/mol. The molecule has 1 saturated heterocycles. The molecule has 0 spiro atoms. The van der Waals surface area contributed by atoms with Crippen molar-refractivity contribution in [3.05, 3.63) is 0 Å². The molecule has 2 aliphatic rings. The highest BCUT2D eigenvalue weighted by Gasteiger charge is 2.29. The summed E-state index contributed by atoms with van der Waals surface area (Å²) in [7, 11) is 0. The van der Waals surface area contributed by atoms with Crippen molar-refractivity contribution >= 4 is 5.91 Å². The first kappa shape index (κ1) is 11.9. The minimum Gasteiger partial charge on any atom is -0.394 e. The number of likely N-dealkylation sites (tertiary alicyclic amines) is 1. The lowest BCUT2D eigenvalue weighted by Gasteiger charge is -2.27. The monoisotopic (exact) mass is 225 g/mol. The van der Waals surface area contributed by atoms with Crippen molar-refractivity contribution in [3.8, 4) is 0 Å². The Bertz CT molecular complexity index is 236. The molecule has 92 valence electrons. The van der Waals surface area contributed by atoms with Gasteiger partial charge in [0, 0.05) is 13.0 Å². The van der Waals surface area contributed by atoms with Crippen LogP contribution in [0.15, 0.2) is 0 Å². The largest absolute Gasteiger partial charge is 0.394 e. The molecule has 1 aliphatic heterocycles. The number of nitrogens with zero attached hydrogens (tertiary/aromatic N) is 1. The molecular formula is C13H23NO2. The van der Waals surface area contributed by atoms with Gasteiger partial charge in [-0.2, -0.15) is 0 Å². The first-order valence-corrected chi connectivity index (χ1v) is 6.71. The number of aliphatic hydroxyl groups is 1. The zero-order chi connectivity index (χ0) is 11.4. The summed E-state index contributed by atoms with van der Waals surface area (Å²) in [6.07, 6.45) is 9.13. The van der Waals surface area contributed by atoms with E-state index < -0.39 is 0 Å². The van der Waals surface area contributed by atoms with Gasteiger partial charge in [-0.3, -0.25) is 4.79 Å². The molecule has 0 aromatic heterocycles. The van der Waals surface area contributed by atoms with Crippen LogP contribution in [0.25, 0.3) is 0 Å². The third-order valence-corrected chi connectivity index (χ3v) is 4.10. The van der Waals surface area contributed by atoms with Gasteiger partial charge in [0.05, 0.1) is 12.6 Å². The van der Waals surface area contributed by atoms with E-state index in [-0.39, 0.29) is 18.6 Å². The molecule has 2 rings (SSSR count). The fourth-order valence-electron chi connectivity index (χ4n) is 3.11. The summed E-state index contributed by atoms with van der Waals surface area (Å²) in [5.74, 6) is 0.893. The van der Waals surface area contributed by atoms with E-state index in [0.29, 0.717) is 5.92 Å². The lowest BCUT2D eigenvalue weighted by Crippen LogP contribution is -2.38. The van der Waals surface area contributed by atoms with Crippen molar-refractivity contribution < 1.29 is 9.90 Å². The smallest absolute Gasteiger partial charge is 0.223 e. The molecule has 2 fully saturated rings. The molecule has 0 aromatic rings. The van der Waals surface area contributed by atoms with Gasteiger partial charge in [0.1, 0.15) is 0 Å². The second-order valence-electron chi connectivity index (χ2n) is 5.27. The highest BCUT2D eigenvalue weighted by atomic mass is 16.3. The predicted octanol–water partition coefficient (Wildman–Crippen LogP) is 1.94. The first-order valence-electron chi connectivity index (χ1n) is 6.71. The highest BCUT2D eigenvalue weighted by molar-refractivity contribution is 5.77. The Hall–Kier alpha value is -0.570. The Morgan fingerprint density at radius 1 is 1.12 bits per heavy atom. The third kappa shape index (κ3) is 2.76. The summed E-state index contributed by atoms with van der Waals surface area (Å²) in [5.41, 5.74) is 0. The van der Waals surface area contributed by atoms with E-state index in [0.717, 1.165) is 25.8 Å². The zero-order valence-corrected chi connectivity index (χ0v) is 10.0. The van der Waals surface area contributed by atoms with E-state index in [2.05, 4.69) is 0 Å². The normalized spacial score (nSPS) is 27.3. The number of hydrogen-bond acceptors (Lipinski definition) is 2. The fourth-order valence-corrected chi connectivity index (χ4v) is 3.11. The predicted molar refractivity (Wildman–Crippen MR) is 63.0 cm³/mol. The van der Waals surface area contributed by atoms with Crippen LogP contribution in [0.5, 0.6) is 0 Å². The molecule has 1 N–H and O–H groups in total. The number of carbonyl (C=O) groups is 1. The fraction of sp³-hybridized carbons (Fsp3) is 0.923. The van der Waals surface area contributed by atoms with Gasteiger partial charge in [0.2, 0.25) is 5.91 Å². The summed E-state index contributed by atoms with van der Waals surface area (Å²) in [6, 6.07) is 0.107. The molecule has 0 bridgehead atoms. The maximum atomic E-state index is 12.1. The van der Waals surface area contributed by atoms with Gasteiger partial charge in [-0.25, -0.2) is 0 Å². The van der Waals surface area contributed by atoms with Crippen molar-refractivity contribution in [2.75, 3.05) is 13.2 Å². The number of amides is 1. The van der Waals surface area contributed by atoms with Gasteiger partial charge in [-0.15, -0.1) is 0 Å². The van der Waals surface area contributed by atoms with Gasteiger partial charge in [0.15, 0.2) is 0 Å². The van der Waals surface area contributed by atoms with E-state index >= 15 is 0 Å². The van der Waals surface area contributed by atoms with Gasteiger partial charge >= 0.3 is 0 Å². The van der Waals surface area contributed by atoms with Crippen LogP contribution in [-0.4, -0.2) is 35.1 Å². The Labute approximate surface area is 97.8 Å². The molecule has 0 radical (unpaired) electrons. The van der Waals surface area contributed by atoms with Crippen LogP contribution in [0, 0.1) is 5.92 Å². The summed E-state index contributed by atoms with van der Waals surface area (Å²) in [6.45, 7) is 0.993. The maximum absolute atomic E-state index is 12.1. The van der Waals surface area contributed by atoms with E-state index in [1.165, 1.54) is 32.1 Å². The highest BCUT2D eigenvalue weighted by Crippen LogP contribution is 2.28. The van der Waals surface area contributed by atoms with Gasteiger partial charge in [0.25, 0.3) is 0 Å². The number of carbonyl (C=O) groups excluding carboxylic acids is 1. The molecule has 0 aromatic carbocycles. The van der Waals surface area contributed by atoms with Crippen molar-refractivity contribution in [1.29, 1.82) is 0 Å². The number of aliphatic hydroxyl groups excluding tert-OH is 1. The number of rotatable bonds is 3. The summed E-state index contributed by atoms with van der Waals surface area (Å²) < 4.78 is 0. The lowest BCUT2D eigenvalue weighted by atomic mass is 9.86. The van der Waals surface area contributed by atoms with E-state index in [9.17, 15) is 9.90 Å². The Balaban J connectivity index is 1.82. The van der Waals surface area contributed by atoms with Crippen LogP contribution in [0.1, 0.15) is 51.4 Å². The van der Waals surface area contributed by atoms with Crippen molar-refractivity contribution in [3.63, 3.8) is 0 Å². The molecule has 1 saturated carbocycles.